The van der Waals surface area contributed by atoms with Crippen LogP contribution in [-0.2, 0) is 0 Å². The lowest BCUT2D eigenvalue weighted by Crippen LogP contribution is -2.13. The molecule has 7 heteroatoms. The average molecular weight is 386 g/mol. The van der Waals surface area contributed by atoms with Crippen molar-refractivity contribution in [2.24, 2.45) is 0 Å². The zero-order valence-electron chi connectivity index (χ0n) is 15.6. The molecule has 0 aliphatic rings. The summed E-state index contributed by atoms with van der Waals surface area (Å²) in [6.07, 6.45) is 0. The number of anilines is 1. The highest BCUT2D eigenvalue weighted by atomic mass is 32.1. The summed E-state index contributed by atoms with van der Waals surface area (Å²) in [6, 6.07) is 11.1. The maximum Gasteiger partial charge on any atom is 0.257 e. The van der Waals surface area contributed by atoms with E-state index in [0.29, 0.717) is 47.8 Å². The molecule has 27 heavy (non-hydrogen) atoms. The minimum Gasteiger partial charge on any atom is -0.490 e. The van der Waals surface area contributed by atoms with E-state index in [1.807, 2.05) is 45.0 Å². The Morgan fingerprint density at radius 1 is 1.00 bits per heavy atom. The standard InChI is InChI=1S/C20H22N2O4S/c1-4-24-15-11-13(12-16(25-5-2)18(15)26-6-3)19(23)22-20-21-14-9-7-8-10-17(14)27-20/h7-12H,4-6H2,1-3H3,(H,21,22,23). The number of benzene rings is 2. The van der Waals surface area contributed by atoms with E-state index in [-0.39, 0.29) is 5.91 Å². The fourth-order valence-corrected chi connectivity index (χ4v) is 3.48. The number of nitrogens with one attached hydrogen (secondary N) is 1. The molecule has 0 bridgehead atoms. The molecule has 0 unspecified atom stereocenters. The molecule has 1 amide bonds. The van der Waals surface area contributed by atoms with Gasteiger partial charge in [0.25, 0.3) is 5.91 Å². The number of nitrogens with zero attached hydrogens (tertiary/aromatic N) is 1. The predicted octanol–water partition coefficient (Wildman–Crippen LogP) is 4.74. The van der Waals surface area contributed by atoms with Crippen molar-refractivity contribution in [3.63, 3.8) is 0 Å². The van der Waals surface area contributed by atoms with Crippen LogP contribution < -0.4 is 19.5 Å². The number of hydrogen-bond donors (Lipinski definition) is 1. The maximum absolute atomic E-state index is 12.8. The quantitative estimate of drug-likeness (QED) is 0.605. The molecule has 0 aliphatic carbocycles. The molecule has 0 fully saturated rings. The number of aromatic nitrogens is 1. The van der Waals surface area contributed by atoms with Crippen molar-refractivity contribution in [3.8, 4) is 17.2 Å². The molecule has 6 nitrogen and oxygen atoms in total. The summed E-state index contributed by atoms with van der Waals surface area (Å²) < 4.78 is 18.0. The Kier molecular flexibility index (Phi) is 6.13. The van der Waals surface area contributed by atoms with Gasteiger partial charge in [0.05, 0.1) is 30.0 Å². The van der Waals surface area contributed by atoms with Crippen LogP contribution in [0, 0.1) is 0 Å². The molecule has 3 rings (SSSR count). The summed E-state index contributed by atoms with van der Waals surface area (Å²) in [5.41, 5.74) is 1.28. The normalized spacial score (nSPS) is 10.6. The van der Waals surface area contributed by atoms with E-state index >= 15 is 0 Å². The summed E-state index contributed by atoms with van der Waals surface area (Å²) in [6.45, 7) is 7.02. The van der Waals surface area contributed by atoms with Gasteiger partial charge < -0.3 is 14.2 Å². The van der Waals surface area contributed by atoms with Gasteiger partial charge in [0, 0.05) is 5.56 Å². The highest BCUT2D eigenvalue weighted by Crippen LogP contribution is 2.39. The van der Waals surface area contributed by atoms with Gasteiger partial charge in [-0.1, -0.05) is 23.5 Å². The molecule has 142 valence electrons. The zero-order valence-corrected chi connectivity index (χ0v) is 16.4. The predicted molar refractivity (Wildman–Crippen MR) is 108 cm³/mol. The largest absolute Gasteiger partial charge is 0.490 e. The van der Waals surface area contributed by atoms with E-state index in [9.17, 15) is 4.79 Å². The van der Waals surface area contributed by atoms with Crippen LogP contribution in [-0.4, -0.2) is 30.7 Å². The fraction of sp³-hybridized carbons (Fsp3) is 0.300. The maximum atomic E-state index is 12.8. The minimum atomic E-state index is -0.279. The number of amides is 1. The van der Waals surface area contributed by atoms with E-state index in [1.165, 1.54) is 11.3 Å². The van der Waals surface area contributed by atoms with E-state index < -0.39 is 0 Å². The van der Waals surface area contributed by atoms with Gasteiger partial charge in [-0.3, -0.25) is 10.1 Å². The van der Waals surface area contributed by atoms with Crippen molar-refractivity contribution < 1.29 is 19.0 Å². The Morgan fingerprint density at radius 2 is 1.63 bits per heavy atom. The Bertz CT molecular complexity index is 879. The summed E-state index contributed by atoms with van der Waals surface area (Å²) >= 11 is 1.43. The van der Waals surface area contributed by atoms with Crippen molar-refractivity contribution in [1.82, 2.24) is 4.98 Å². The van der Waals surface area contributed by atoms with Crippen LogP contribution in [0.1, 0.15) is 31.1 Å². The average Bonchev–Trinajstić information content (AvgIpc) is 3.06. The molecule has 0 radical (unpaired) electrons. The highest BCUT2D eigenvalue weighted by Gasteiger charge is 2.19. The number of rotatable bonds is 8. The van der Waals surface area contributed by atoms with Crippen LogP contribution in [0.15, 0.2) is 36.4 Å². The lowest BCUT2D eigenvalue weighted by Gasteiger charge is -2.16. The van der Waals surface area contributed by atoms with Crippen LogP contribution in [0.25, 0.3) is 10.2 Å². The number of carbonyl (C=O) groups excluding carboxylic acids is 1. The van der Waals surface area contributed by atoms with Crippen molar-refractivity contribution in [3.05, 3.63) is 42.0 Å². The zero-order chi connectivity index (χ0) is 19.2. The Morgan fingerprint density at radius 3 is 2.22 bits per heavy atom. The van der Waals surface area contributed by atoms with E-state index in [2.05, 4.69) is 10.3 Å². The number of ether oxygens (including phenoxy) is 3. The fourth-order valence-electron chi connectivity index (χ4n) is 2.61. The number of hydrogen-bond acceptors (Lipinski definition) is 6. The molecule has 1 aromatic heterocycles. The monoisotopic (exact) mass is 386 g/mol. The van der Waals surface area contributed by atoms with Crippen LogP contribution in [0.3, 0.4) is 0 Å². The summed E-state index contributed by atoms with van der Waals surface area (Å²) in [5, 5.41) is 3.40. The van der Waals surface area contributed by atoms with Crippen molar-refractivity contribution in [1.29, 1.82) is 0 Å². The lowest BCUT2D eigenvalue weighted by atomic mass is 10.1. The second kappa shape index (κ2) is 8.73. The van der Waals surface area contributed by atoms with Gasteiger partial charge in [0.2, 0.25) is 5.75 Å². The molecule has 0 spiro atoms. The van der Waals surface area contributed by atoms with Gasteiger partial charge in [-0.2, -0.15) is 0 Å². The van der Waals surface area contributed by atoms with Gasteiger partial charge in [0.15, 0.2) is 16.6 Å². The number of carbonyl (C=O) groups is 1. The van der Waals surface area contributed by atoms with Crippen LogP contribution in [0.2, 0.25) is 0 Å². The topological polar surface area (TPSA) is 69.7 Å². The number of fused-ring (bicyclic) bond motifs is 1. The number of thiazole rings is 1. The van der Waals surface area contributed by atoms with Crippen LogP contribution in [0.5, 0.6) is 17.2 Å². The van der Waals surface area contributed by atoms with Crippen LogP contribution >= 0.6 is 11.3 Å². The van der Waals surface area contributed by atoms with Crippen LogP contribution in [0.4, 0.5) is 5.13 Å². The molecule has 1 N–H and O–H groups in total. The van der Waals surface area contributed by atoms with Crippen molar-refractivity contribution in [2.75, 3.05) is 25.1 Å². The van der Waals surface area contributed by atoms with E-state index in [0.717, 1.165) is 10.2 Å². The Hall–Kier alpha value is -2.80. The second-order valence-electron chi connectivity index (χ2n) is 5.54. The summed E-state index contributed by atoms with van der Waals surface area (Å²) in [5.74, 6) is 1.20. The first kappa shape index (κ1) is 19.0. The molecule has 0 atom stereocenters. The van der Waals surface area contributed by atoms with E-state index in [1.54, 1.807) is 12.1 Å². The first-order valence-corrected chi connectivity index (χ1v) is 9.71. The SMILES string of the molecule is CCOc1cc(C(=O)Nc2nc3ccccc3s2)cc(OCC)c1OCC. The molecule has 0 saturated carbocycles. The molecule has 1 heterocycles. The van der Waals surface area contributed by atoms with Gasteiger partial charge in [-0.25, -0.2) is 4.98 Å². The van der Waals surface area contributed by atoms with Gasteiger partial charge >= 0.3 is 0 Å². The summed E-state index contributed by atoms with van der Waals surface area (Å²) in [7, 11) is 0. The first-order chi connectivity index (χ1) is 13.2. The van der Waals surface area contributed by atoms with Gasteiger partial charge in [0.1, 0.15) is 0 Å². The Labute approximate surface area is 162 Å². The highest BCUT2D eigenvalue weighted by molar-refractivity contribution is 7.22. The molecule has 0 aliphatic heterocycles. The number of para-hydroxylation sites is 1. The second-order valence-corrected chi connectivity index (χ2v) is 6.57. The van der Waals surface area contributed by atoms with E-state index in [4.69, 9.17) is 14.2 Å². The van der Waals surface area contributed by atoms with Crippen molar-refractivity contribution in [2.45, 2.75) is 20.8 Å². The smallest absolute Gasteiger partial charge is 0.257 e. The Balaban J connectivity index is 1.92. The molecular weight excluding hydrogens is 364 g/mol. The van der Waals surface area contributed by atoms with Gasteiger partial charge in [-0.15, -0.1) is 0 Å². The third-order valence-corrected chi connectivity index (χ3v) is 4.64. The molecular formula is C20H22N2O4S. The first-order valence-electron chi connectivity index (χ1n) is 8.89. The molecule has 3 aromatic rings. The minimum absolute atomic E-state index is 0.279. The van der Waals surface area contributed by atoms with Gasteiger partial charge in [-0.05, 0) is 45.0 Å². The lowest BCUT2D eigenvalue weighted by molar-refractivity contribution is 0.102. The third kappa shape index (κ3) is 4.31. The molecule has 2 aromatic carbocycles. The molecule has 0 saturated heterocycles. The van der Waals surface area contributed by atoms with Crippen molar-refractivity contribution >= 4 is 32.6 Å². The summed E-state index contributed by atoms with van der Waals surface area (Å²) in [4.78, 5) is 17.2. The third-order valence-electron chi connectivity index (χ3n) is 3.69.